The molecule has 0 bridgehead atoms. The zero-order valence-electron chi connectivity index (χ0n) is 29.3. The third-order valence-corrected chi connectivity index (χ3v) is 9.28. The summed E-state index contributed by atoms with van der Waals surface area (Å²) in [5.74, 6) is -1.07. The first kappa shape index (κ1) is 36.7. The Hall–Kier alpha value is -5.12. The van der Waals surface area contributed by atoms with E-state index in [1.165, 1.54) is 11.1 Å². The summed E-state index contributed by atoms with van der Waals surface area (Å²) >= 11 is 0. The minimum absolute atomic E-state index is 0.0126. The predicted octanol–water partition coefficient (Wildman–Crippen LogP) is 7.96. The SMILES string of the molecule is O=C(O)CCCC(=O)NCc1cccc(-c2cccc([C@H]3O[C@@H](CN(Cc4ccccc4)Cc4ccccc4)C[C@@H](c4ccc(CO)cc4)O3)c2)c1. The molecule has 268 valence electrons. The van der Waals surface area contributed by atoms with Crippen molar-refractivity contribution in [2.75, 3.05) is 6.54 Å². The first-order valence-corrected chi connectivity index (χ1v) is 17.9. The molecule has 0 radical (unpaired) electrons. The van der Waals surface area contributed by atoms with Gasteiger partial charge in [0.05, 0.1) is 18.8 Å². The number of carbonyl (C=O) groups is 2. The van der Waals surface area contributed by atoms with E-state index in [4.69, 9.17) is 14.6 Å². The number of ether oxygens (including phenoxy) is 2. The standard InChI is InChI=1S/C44H46N2O6/c47-31-34-20-22-36(23-21-34)41-26-40(30-46(28-32-10-3-1-4-11-32)29-33-12-5-2-6-13-33)51-44(52-41)39-17-8-16-38(25-39)37-15-7-14-35(24-37)27-45-42(48)18-9-19-43(49)50/h1-8,10-17,20-25,40-41,44,47H,9,18-19,26-31H2,(H,45,48)(H,49,50)/t40-,41+,44+/m1/s1. The van der Waals surface area contributed by atoms with E-state index in [1.54, 1.807) is 0 Å². The number of aliphatic hydroxyl groups excluding tert-OH is 1. The van der Waals surface area contributed by atoms with Gasteiger partial charge < -0.3 is 25.0 Å². The molecule has 1 fully saturated rings. The lowest BCUT2D eigenvalue weighted by Gasteiger charge is -2.38. The Kier molecular flexibility index (Phi) is 13.0. The van der Waals surface area contributed by atoms with Crippen molar-refractivity contribution >= 4 is 11.9 Å². The van der Waals surface area contributed by atoms with Crippen LogP contribution in [0.5, 0.6) is 0 Å². The third-order valence-electron chi connectivity index (χ3n) is 9.28. The number of nitrogens with zero attached hydrogens (tertiary/aromatic N) is 1. The van der Waals surface area contributed by atoms with Crippen LogP contribution in [0.15, 0.2) is 133 Å². The van der Waals surface area contributed by atoms with E-state index < -0.39 is 12.3 Å². The second-order valence-corrected chi connectivity index (χ2v) is 13.3. The highest BCUT2D eigenvalue weighted by molar-refractivity contribution is 5.76. The van der Waals surface area contributed by atoms with Crippen LogP contribution in [0, 0.1) is 0 Å². The number of hydrogen-bond donors (Lipinski definition) is 3. The fourth-order valence-electron chi connectivity index (χ4n) is 6.60. The lowest BCUT2D eigenvalue weighted by atomic mass is 9.98. The zero-order valence-corrected chi connectivity index (χ0v) is 29.3. The molecule has 8 nitrogen and oxygen atoms in total. The van der Waals surface area contributed by atoms with Gasteiger partial charge in [0.15, 0.2) is 6.29 Å². The molecule has 1 heterocycles. The summed E-state index contributed by atoms with van der Waals surface area (Å²) in [6, 6.07) is 45.2. The molecule has 3 atom stereocenters. The molecule has 5 aromatic carbocycles. The molecule has 1 amide bonds. The number of aliphatic hydroxyl groups is 1. The largest absolute Gasteiger partial charge is 0.481 e. The second kappa shape index (κ2) is 18.4. The lowest BCUT2D eigenvalue weighted by Crippen LogP contribution is -2.39. The molecule has 0 saturated carbocycles. The summed E-state index contributed by atoms with van der Waals surface area (Å²) in [5.41, 5.74) is 8.24. The van der Waals surface area contributed by atoms with Gasteiger partial charge in [-0.25, -0.2) is 0 Å². The zero-order chi connectivity index (χ0) is 36.1. The van der Waals surface area contributed by atoms with Crippen molar-refractivity contribution < 1.29 is 29.3 Å². The van der Waals surface area contributed by atoms with Crippen molar-refractivity contribution in [1.29, 1.82) is 0 Å². The maximum Gasteiger partial charge on any atom is 0.303 e. The first-order valence-electron chi connectivity index (χ1n) is 17.9. The number of nitrogens with one attached hydrogen (secondary N) is 1. The van der Waals surface area contributed by atoms with Gasteiger partial charge in [0, 0.05) is 51.0 Å². The number of hydrogen-bond acceptors (Lipinski definition) is 6. The van der Waals surface area contributed by atoms with Crippen LogP contribution in [0.2, 0.25) is 0 Å². The fraction of sp³-hybridized carbons (Fsp3) is 0.273. The summed E-state index contributed by atoms with van der Waals surface area (Å²) in [5, 5.41) is 21.4. The van der Waals surface area contributed by atoms with E-state index in [9.17, 15) is 14.7 Å². The van der Waals surface area contributed by atoms with E-state index in [0.717, 1.165) is 46.5 Å². The quantitative estimate of drug-likeness (QED) is 0.0960. The monoisotopic (exact) mass is 698 g/mol. The number of aliphatic carboxylic acids is 1. The molecule has 0 aliphatic carbocycles. The highest BCUT2D eigenvalue weighted by Crippen LogP contribution is 2.39. The molecule has 5 aromatic rings. The summed E-state index contributed by atoms with van der Waals surface area (Å²) in [6.45, 7) is 2.62. The van der Waals surface area contributed by atoms with Crippen LogP contribution in [0.25, 0.3) is 11.1 Å². The number of rotatable bonds is 16. The van der Waals surface area contributed by atoms with Gasteiger partial charge in [0.1, 0.15) is 0 Å². The van der Waals surface area contributed by atoms with Gasteiger partial charge in [0.25, 0.3) is 0 Å². The van der Waals surface area contributed by atoms with Gasteiger partial charge in [-0.05, 0) is 57.5 Å². The Morgan fingerprint density at radius 3 is 1.96 bits per heavy atom. The maximum atomic E-state index is 12.3. The minimum atomic E-state index is -0.900. The molecular formula is C44H46N2O6. The molecule has 0 spiro atoms. The number of benzene rings is 5. The van der Waals surface area contributed by atoms with E-state index in [2.05, 4.69) is 76.9 Å². The van der Waals surface area contributed by atoms with Gasteiger partial charge in [-0.1, -0.05) is 121 Å². The van der Waals surface area contributed by atoms with Gasteiger partial charge >= 0.3 is 5.97 Å². The van der Waals surface area contributed by atoms with Crippen molar-refractivity contribution in [2.45, 2.75) is 70.4 Å². The number of carbonyl (C=O) groups excluding carboxylic acids is 1. The summed E-state index contributed by atoms with van der Waals surface area (Å²) < 4.78 is 13.5. The summed E-state index contributed by atoms with van der Waals surface area (Å²) in [7, 11) is 0. The number of carboxylic acids is 1. The predicted molar refractivity (Wildman–Crippen MR) is 201 cm³/mol. The van der Waals surface area contributed by atoms with Gasteiger partial charge in [-0.15, -0.1) is 0 Å². The highest BCUT2D eigenvalue weighted by atomic mass is 16.7. The molecule has 52 heavy (non-hydrogen) atoms. The molecule has 1 aliphatic heterocycles. The molecule has 3 N–H and O–H groups in total. The molecule has 1 saturated heterocycles. The summed E-state index contributed by atoms with van der Waals surface area (Å²) in [4.78, 5) is 25.5. The molecular weight excluding hydrogens is 652 g/mol. The van der Waals surface area contributed by atoms with E-state index in [-0.39, 0.29) is 37.6 Å². The molecule has 8 heteroatoms. The van der Waals surface area contributed by atoms with Crippen LogP contribution in [0.3, 0.4) is 0 Å². The van der Waals surface area contributed by atoms with Crippen molar-refractivity contribution in [3.63, 3.8) is 0 Å². The maximum absolute atomic E-state index is 12.3. The van der Waals surface area contributed by atoms with Crippen LogP contribution in [-0.2, 0) is 45.3 Å². The molecule has 0 aromatic heterocycles. The van der Waals surface area contributed by atoms with E-state index in [1.807, 2.05) is 66.7 Å². The molecule has 1 aliphatic rings. The van der Waals surface area contributed by atoms with Crippen LogP contribution in [0.1, 0.15) is 71.5 Å². The van der Waals surface area contributed by atoms with Crippen molar-refractivity contribution in [2.24, 2.45) is 0 Å². The first-order chi connectivity index (χ1) is 25.4. The van der Waals surface area contributed by atoms with Crippen molar-refractivity contribution in [1.82, 2.24) is 10.2 Å². The Bertz CT molecular complexity index is 1840. The average Bonchev–Trinajstić information content (AvgIpc) is 3.18. The van der Waals surface area contributed by atoms with Crippen molar-refractivity contribution in [3.8, 4) is 11.1 Å². The van der Waals surface area contributed by atoms with Crippen LogP contribution in [-0.4, -0.2) is 39.6 Å². The Balaban J connectivity index is 1.22. The highest BCUT2D eigenvalue weighted by Gasteiger charge is 2.33. The van der Waals surface area contributed by atoms with Gasteiger partial charge in [-0.2, -0.15) is 0 Å². The van der Waals surface area contributed by atoms with Gasteiger partial charge in [-0.3, -0.25) is 14.5 Å². The fourth-order valence-corrected chi connectivity index (χ4v) is 6.60. The minimum Gasteiger partial charge on any atom is -0.481 e. The Morgan fingerprint density at radius 1 is 0.673 bits per heavy atom. The van der Waals surface area contributed by atoms with Crippen LogP contribution >= 0.6 is 0 Å². The molecule has 6 rings (SSSR count). The number of amides is 1. The van der Waals surface area contributed by atoms with Crippen molar-refractivity contribution in [3.05, 3.63) is 167 Å². The second-order valence-electron chi connectivity index (χ2n) is 13.3. The average molecular weight is 699 g/mol. The Labute approximate surface area is 305 Å². The molecule has 0 unspecified atom stereocenters. The van der Waals surface area contributed by atoms with Crippen LogP contribution < -0.4 is 5.32 Å². The van der Waals surface area contributed by atoms with E-state index in [0.29, 0.717) is 25.9 Å². The van der Waals surface area contributed by atoms with Gasteiger partial charge in [0.2, 0.25) is 5.91 Å². The summed E-state index contributed by atoms with van der Waals surface area (Å²) in [6.07, 6.45) is 0.207. The topological polar surface area (TPSA) is 108 Å². The Morgan fingerprint density at radius 2 is 1.31 bits per heavy atom. The normalized spacial score (nSPS) is 17.2. The lowest BCUT2D eigenvalue weighted by molar-refractivity contribution is -0.253. The number of carboxylic acid groups (broad SMARTS) is 1. The third kappa shape index (κ3) is 10.7. The van der Waals surface area contributed by atoms with Crippen LogP contribution in [0.4, 0.5) is 0 Å². The van der Waals surface area contributed by atoms with E-state index >= 15 is 0 Å². The smallest absolute Gasteiger partial charge is 0.303 e.